The van der Waals surface area contributed by atoms with Crippen LogP contribution in [-0.4, -0.2) is 29.2 Å². The van der Waals surface area contributed by atoms with Gasteiger partial charge in [-0.05, 0) is 0 Å². The molecule has 0 unspecified atom stereocenters. The van der Waals surface area contributed by atoms with Gasteiger partial charge in [0.25, 0.3) is 0 Å². The van der Waals surface area contributed by atoms with Gasteiger partial charge in [-0.15, -0.1) is 0 Å². The Morgan fingerprint density at radius 3 is 2.50 bits per heavy atom. The number of amides is 3. The highest BCUT2D eigenvalue weighted by Gasteiger charge is 2.28. The Morgan fingerprint density at radius 2 is 2.00 bits per heavy atom. The standard InChI is InChI=1S/C8H9N3O3/c9-5-10-6(12)3-4-11-7(13)1-2-8(11)14/h1-4H2,(H,10,12). The monoisotopic (exact) mass is 195 g/mol. The molecule has 0 atom stereocenters. The molecule has 6 nitrogen and oxygen atoms in total. The van der Waals surface area contributed by atoms with E-state index in [0.29, 0.717) is 0 Å². The lowest BCUT2D eigenvalue weighted by molar-refractivity contribution is -0.138. The quantitative estimate of drug-likeness (QED) is 0.360. The molecule has 1 saturated heterocycles. The maximum atomic E-state index is 11.1. The van der Waals surface area contributed by atoms with E-state index >= 15 is 0 Å². The number of nitrogens with one attached hydrogen (secondary N) is 1. The number of rotatable bonds is 3. The molecule has 0 aromatic rings. The van der Waals surface area contributed by atoms with Crippen LogP contribution in [0.5, 0.6) is 0 Å². The Hall–Kier alpha value is -1.90. The zero-order valence-electron chi connectivity index (χ0n) is 7.45. The zero-order valence-corrected chi connectivity index (χ0v) is 7.45. The lowest BCUT2D eigenvalue weighted by atomic mass is 10.3. The van der Waals surface area contributed by atoms with Crippen molar-refractivity contribution in [1.82, 2.24) is 10.2 Å². The molecular formula is C8H9N3O3. The highest BCUT2D eigenvalue weighted by atomic mass is 16.2. The van der Waals surface area contributed by atoms with Gasteiger partial charge in [0.1, 0.15) is 0 Å². The van der Waals surface area contributed by atoms with E-state index in [2.05, 4.69) is 0 Å². The molecule has 1 heterocycles. The minimum absolute atomic E-state index is 0.0228. The molecule has 0 spiro atoms. The first-order valence-electron chi connectivity index (χ1n) is 4.16. The van der Waals surface area contributed by atoms with Gasteiger partial charge in [-0.1, -0.05) is 0 Å². The van der Waals surface area contributed by atoms with Crippen molar-refractivity contribution in [2.75, 3.05) is 6.54 Å². The number of hydrogen-bond acceptors (Lipinski definition) is 4. The number of nitrogens with zero attached hydrogens (tertiary/aromatic N) is 2. The summed E-state index contributed by atoms with van der Waals surface area (Å²) >= 11 is 0. The predicted molar refractivity (Wildman–Crippen MR) is 44.3 cm³/mol. The number of imide groups is 1. The topological polar surface area (TPSA) is 90.3 Å². The van der Waals surface area contributed by atoms with Crippen LogP contribution in [0.1, 0.15) is 19.3 Å². The summed E-state index contributed by atoms with van der Waals surface area (Å²) in [7, 11) is 0. The lowest BCUT2D eigenvalue weighted by Crippen LogP contribution is -2.33. The summed E-state index contributed by atoms with van der Waals surface area (Å²) in [5.74, 6) is -0.987. The third-order valence-corrected chi connectivity index (χ3v) is 1.91. The molecule has 1 N–H and O–H groups in total. The van der Waals surface area contributed by atoms with Crippen LogP contribution in [0.15, 0.2) is 0 Å². The predicted octanol–water partition coefficient (Wildman–Crippen LogP) is -0.877. The third kappa shape index (κ3) is 2.29. The molecule has 6 heteroatoms. The molecule has 0 aromatic carbocycles. The molecule has 0 aliphatic carbocycles. The van der Waals surface area contributed by atoms with Crippen molar-refractivity contribution >= 4 is 17.7 Å². The molecule has 0 aromatic heterocycles. The second-order valence-electron chi connectivity index (χ2n) is 2.85. The van der Waals surface area contributed by atoms with Crippen LogP contribution in [-0.2, 0) is 14.4 Å². The summed E-state index contributed by atoms with van der Waals surface area (Å²) < 4.78 is 0. The Balaban J connectivity index is 2.38. The van der Waals surface area contributed by atoms with Gasteiger partial charge in [0.2, 0.25) is 17.7 Å². The second kappa shape index (κ2) is 4.37. The Kier molecular flexibility index (Phi) is 3.18. The van der Waals surface area contributed by atoms with Crippen molar-refractivity contribution in [1.29, 1.82) is 5.26 Å². The fourth-order valence-corrected chi connectivity index (χ4v) is 1.21. The van der Waals surface area contributed by atoms with Gasteiger partial charge in [-0.25, -0.2) is 0 Å². The average Bonchev–Trinajstić information content (AvgIpc) is 2.44. The molecule has 1 fully saturated rings. The smallest absolute Gasteiger partial charge is 0.234 e. The highest BCUT2D eigenvalue weighted by molar-refractivity contribution is 6.02. The number of hydrogen-bond donors (Lipinski definition) is 1. The zero-order chi connectivity index (χ0) is 10.6. The summed E-state index contributed by atoms with van der Waals surface area (Å²) in [5.41, 5.74) is 0. The fourth-order valence-electron chi connectivity index (χ4n) is 1.21. The summed E-state index contributed by atoms with van der Waals surface area (Å²) in [6, 6.07) is 0. The van der Waals surface area contributed by atoms with Crippen LogP contribution in [0.25, 0.3) is 0 Å². The van der Waals surface area contributed by atoms with Crippen molar-refractivity contribution in [3.63, 3.8) is 0 Å². The van der Waals surface area contributed by atoms with Gasteiger partial charge in [0.15, 0.2) is 6.19 Å². The fraction of sp³-hybridized carbons (Fsp3) is 0.500. The van der Waals surface area contributed by atoms with Gasteiger partial charge in [0, 0.05) is 25.8 Å². The molecule has 1 rings (SSSR count). The van der Waals surface area contributed by atoms with Crippen molar-refractivity contribution < 1.29 is 14.4 Å². The summed E-state index contributed by atoms with van der Waals surface area (Å²) in [6.45, 7) is 0.0607. The van der Waals surface area contributed by atoms with Crippen molar-refractivity contribution in [2.45, 2.75) is 19.3 Å². The van der Waals surface area contributed by atoms with Crippen LogP contribution >= 0.6 is 0 Å². The number of carbonyl (C=O) groups excluding carboxylic acids is 3. The second-order valence-corrected chi connectivity index (χ2v) is 2.85. The summed E-state index contributed by atoms with van der Waals surface area (Å²) in [5, 5.41) is 10.0. The van der Waals surface area contributed by atoms with Crippen LogP contribution in [0, 0.1) is 11.5 Å². The lowest BCUT2D eigenvalue weighted by Gasteiger charge is -2.11. The molecule has 14 heavy (non-hydrogen) atoms. The maximum Gasteiger partial charge on any atom is 0.234 e. The van der Waals surface area contributed by atoms with Crippen molar-refractivity contribution in [3.8, 4) is 6.19 Å². The normalized spacial score (nSPS) is 15.5. The minimum Gasteiger partial charge on any atom is -0.282 e. The van der Waals surface area contributed by atoms with Gasteiger partial charge in [-0.2, -0.15) is 5.26 Å². The van der Waals surface area contributed by atoms with Gasteiger partial charge in [0.05, 0.1) is 0 Å². The van der Waals surface area contributed by atoms with E-state index < -0.39 is 5.91 Å². The molecule has 0 bridgehead atoms. The molecule has 1 aliphatic rings. The number of carbonyl (C=O) groups is 3. The summed E-state index contributed by atoms with van der Waals surface area (Å²) in [4.78, 5) is 34.0. The van der Waals surface area contributed by atoms with E-state index in [1.54, 1.807) is 0 Å². The number of likely N-dealkylation sites (tertiary alicyclic amines) is 1. The van der Waals surface area contributed by atoms with Gasteiger partial charge >= 0.3 is 0 Å². The SMILES string of the molecule is N#CNC(=O)CCN1C(=O)CCC1=O. The molecule has 1 aliphatic heterocycles. The molecule has 74 valence electrons. The Bertz CT molecular complexity index is 302. The van der Waals surface area contributed by atoms with Crippen LogP contribution < -0.4 is 5.32 Å². The van der Waals surface area contributed by atoms with Crippen LogP contribution in [0.3, 0.4) is 0 Å². The number of nitriles is 1. The van der Waals surface area contributed by atoms with Crippen molar-refractivity contribution in [3.05, 3.63) is 0 Å². The Labute approximate surface area is 80.5 Å². The summed E-state index contributed by atoms with van der Waals surface area (Å²) in [6.07, 6.45) is 1.90. The van der Waals surface area contributed by atoms with Crippen LogP contribution in [0.4, 0.5) is 0 Å². The van der Waals surface area contributed by atoms with E-state index in [9.17, 15) is 14.4 Å². The average molecular weight is 195 g/mol. The van der Waals surface area contributed by atoms with Crippen LogP contribution in [0.2, 0.25) is 0 Å². The largest absolute Gasteiger partial charge is 0.282 e. The molecule has 0 saturated carbocycles. The first-order chi connectivity index (χ1) is 6.65. The van der Waals surface area contributed by atoms with E-state index in [0.717, 1.165) is 4.90 Å². The first kappa shape index (κ1) is 10.2. The maximum absolute atomic E-state index is 11.1. The van der Waals surface area contributed by atoms with E-state index in [-0.39, 0.29) is 37.6 Å². The molecule has 3 amide bonds. The van der Waals surface area contributed by atoms with Crippen molar-refractivity contribution in [2.24, 2.45) is 0 Å². The van der Waals surface area contributed by atoms with E-state index in [1.165, 1.54) is 6.19 Å². The molecular weight excluding hydrogens is 186 g/mol. The first-order valence-corrected chi connectivity index (χ1v) is 4.16. The highest BCUT2D eigenvalue weighted by Crippen LogP contribution is 2.11. The Morgan fingerprint density at radius 1 is 1.43 bits per heavy atom. The van der Waals surface area contributed by atoms with E-state index in [4.69, 9.17) is 5.26 Å². The van der Waals surface area contributed by atoms with Gasteiger partial charge < -0.3 is 0 Å². The van der Waals surface area contributed by atoms with Gasteiger partial charge in [-0.3, -0.25) is 24.6 Å². The minimum atomic E-state index is -0.486. The molecule has 0 radical (unpaired) electrons. The third-order valence-electron chi connectivity index (χ3n) is 1.91. The van der Waals surface area contributed by atoms with E-state index in [1.807, 2.05) is 5.32 Å².